The highest BCUT2D eigenvalue weighted by Gasteiger charge is 2.19. The minimum absolute atomic E-state index is 0.187. The summed E-state index contributed by atoms with van der Waals surface area (Å²) in [6.45, 7) is 5.24. The molecule has 1 aromatic carbocycles. The number of aromatic nitrogens is 2. The largest absolute Gasteiger partial charge is 0.376 e. The zero-order valence-electron chi connectivity index (χ0n) is 16.4. The molecule has 1 atom stereocenters. The van der Waals surface area contributed by atoms with E-state index in [1.807, 2.05) is 18.2 Å². The van der Waals surface area contributed by atoms with Crippen LogP contribution in [0.4, 0.5) is 23.1 Å². The number of ether oxygens (including phenoxy) is 1. The van der Waals surface area contributed by atoms with Crippen molar-refractivity contribution in [2.75, 3.05) is 54.9 Å². The summed E-state index contributed by atoms with van der Waals surface area (Å²) < 4.78 is 7.89. The van der Waals surface area contributed by atoms with Gasteiger partial charge in [-0.25, -0.2) is 8.10 Å². The molecule has 2 aliphatic heterocycles. The van der Waals surface area contributed by atoms with Gasteiger partial charge in [0.05, 0.1) is 23.6 Å². The Bertz CT molecular complexity index is 924. The van der Waals surface area contributed by atoms with Crippen LogP contribution in [-0.2, 0) is 4.74 Å². The zero-order chi connectivity index (χ0) is 20.9. The van der Waals surface area contributed by atoms with Gasteiger partial charge in [0, 0.05) is 67.9 Å². The monoisotopic (exact) mass is 539 g/mol. The highest BCUT2D eigenvalue weighted by molar-refractivity contribution is 14.1. The Kier molecular flexibility index (Phi) is 7.09. The number of nitrogens with zero attached hydrogens (tertiary/aromatic N) is 5. The molecule has 10 heteroatoms. The molecule has 2 saturated heterocycles. The Morgan fingerprint density at radius 2 is 2.13 bits per heavy atom. The summed E-state index contributed by atoms with van der Waals surface area (Å²) in [5, 5.41) is 16.5. The number of anilines is 4. The van der Waals surface area contributed by atoms with Gasteiger partial charge in [0.25, 0.3) is 0 Å². The third kappa shape index (κ3) is 5.24. The van der Waals surface area contributed by atoms with Gasteiger partial charge in [0.15, 0.2) is 5.82 Å². The third-order valence-electron chi connectivity index (χ3n) is 5.20. The summed E-state index contributed by atoms with van der Waals surface area (Å²) in [6, 6.07) is 8.08. The van der Waals surface area contributed by atoms with Crippen LogP contribution < -0.4 is 15.5 Å². The quantitative estimate of drug-likeness (QED) is 0.423. The van der Waals surface area contributed by atoms with E-state index < -0.39 is 0 Å². The molecule has 4 rings (SSSR count). The Morgan fingerprint density at radius 3 is 2.87 bits per heavy atom. The molecule has 30 heavy (non-hydrogen) atoms. The van der Waals surface area contributed by atoms with Crippen LogP contribution in [0.1, 0.15) is 18.4 Å². The van der Waals surface area contributed by atoms with Crippen molar-refractivity contribution in [3.05, 3.63) is 35.0 Å². The van der Waals surface area contributed by atoms with E-state index in [2.05, 4.69) is 57.5 Å². The van der Waals surface area contributed by atoms with Crippen molar-refractivity contribution in [2.24, 2.45) is 0 Å². The van der Waals surface area contributed by atoms with Gasteiger partial charge in [-0.2, -0.15) is 10.2 Å². The molecule has 2 aliphatic rings. The van der Waals surface area contributed by atoms with Crippen LogP contribution >= 0.6 is 34.5 Å². The third-order valence-corrected chi connectivity index (χ3v) is 6.45. The van der Waals surface area contributed by atoms with Gasteiger partial charge in [-0.15, -0.1) is 0 Å². The molecule has 2 N–H and O–H groups in total. The summed E-state index contributed by atoms with van der Waals surface area (Å²) in [7, 11) is 0. The van der Waals surface area contributed by atoms with Gasteiger partial charge >= 0.3 is 0 Å². The van der Waals surface area contributed by atoms with E-state index in [4.69, 9.17) is 16.3 Å². The van der Waals surface area contributed by atoms with Crippen molar-refractivity contribution in [2.45, 2.75) is 18.9 Å². The topological polar surface area (TPSA) is 89.3 Å². The lowest BCUT2D eigenvalue weighted by Gasteiger charge is -2.33. The Hall–Kier alpha value is -1.87. The first-order valence-electron chi connectivity index (χ1n) is 9.97. The summed E-state index contributed by atoms with van der Waals surface area (Å²) in [5.41, 5.74) is 2.35. The highest BCUT2D eigenvalue weighted by Crippen LogP contribution is 2.27. The van der Waals surface area contributed by atoms with Gasteiger partial charge in [0.1, 0.15) is 11.1 Å². The lowest BCUT2D eigenvalue weighted by Crippen LogP contribution is -2.42. The molecule has 1 aromatic heterocycles. The molecule has 2 fully saturated rings. The van der Waals surface area contributed by atoms with E-state index in [0.29, 0.717) is 28.9 Å². The maximum Gasteiger partial charge on any atom is 0.229 e. The van der Waals surface area contributed by atoms with Gasteiger partial charge in [-0.3, -0.25) is 0 Å². The van der Waals surface area contributed by atoms with Crippen molar-refractivity contribution < 1.29 is 4.74 Å². The van der Waals surface area contributed by atoms with Gasteiger partial charge in [0.2, 0.25) is 5.95 Å². The lowest BCUT2D eigenvalue weighted by atomic mass is 10.1. The fraction of sp³-hybridized carbons (Fsp3) is 0.450. The van der Waals surface area contributed by atoms with Crippen molar-refractivity contribution in [1.82, 2.24) is 13.1 Å². The molecule has 8 nitrogen and oxygen atoms in total. The molecule has 0 amide bonds. The molecule has 0 saturated carbocycles. The van der Waals surface area contributed by atoms with Gasteiger partial charge in [-0.05, 0) is 31.0 Å². The highest BCUT2D eigenvalue weighted by atomic mass is 127. The van der Waals surface area contributed by atoms with Crippen molar-refractivity contribution in [3.63, 3.8) is 0 Å². The predicted molar refractivity (Wildman–Crippen MR) is 127 cm³/mol. The second-order valence-electron chi connectivity index (χ2n) is 7.27. The first-order valence-corrected chi connectivity index (χ1v) is 11.3. The number of hydrogen-bond donors (Lipinski definition) is 2. The molecule has 158 valence electrons. The normalized spacial score (nSPS) is 19.5. The Balaban J connectivity index is 1.45. The molecule has 0 spiro atoms. The summed E-state index contributed by atoms with van der Waals surface area (Å²) in [6.07, 6.45) is 3.88. The van der Waals surface area contributed by atoms with Crippen LogP contribution in [0.5, 0.6) is 0 Å². The Labute approximate surface area is 195 Å². The molecule has 0 radical (unpaired) electrons. The van der Waals surface area contributed by atoms with E-state index in [1.165, 1.54) is 0 Å². The summed E-state index contributed by atoms with van der Waals surface area (Å²) in [4.78, 5) is 11.0. The van der Waals surface area contributed by atoms with E-state index in [-0.39, 0.29) is 6.10 Å². The van der Waals surface area contributed by atoms with Gasteiger partial charge in [-0.1, -0.05) is 11.6 Å². The van der Waals surface area contributed by atoms with Crippen LogP contribution in [0.15, 0.2) is 24.4 Å². The van der Waals surface area contributed by atoms with E-state index >= 15 is 0 Å². The molecule has 3 heterocycles. The number of nitrogens with one attached hydrogen (secondary N) is 2. The molecular weight excluding hydrogens is 517 g/mol. The minimum atomic E-state index is 0.187. The maximum atomic E-state index is 9.66. The number of halogens is 2. The lowest BCUT2D eigenvalue weighted by molar-refractivity contribution is 0.120. The number of nitriles is 1. The standard InChI is InChI=1S/C20H23ClIN7O/c21-17-13-25-20(27-19(17)24-12-16-2-1-9-30-16)26-15-3-4-18(14(10-15)11-23)28-5-7-29(22)8-6-28/h3-4,10,13,16H,1-2,5-9,12H2,(H2,24,25,26,27)/t16-/m1/s1. The average molecular weight is 540 g/mol. The number of piperazine rings is 1. The zero-order valence-corrected chi connectivity index (χ0v) is 19.4. The van der Waals surface area contributed by atoms with E-state index in [0.717, 1.165) is 57.0 Å². The maximum absolute atomic E-state index is 9.66. The van der Waals surface area contributed by atoms with Crippen molar-refractivity contribution >= 4 is 57.6 Å². The SMILES string of the molecule is N#Cc1cc(Nc2ncc(Cl)c(NC[C@H]3CCCO3)n2)ccc1N1CCN(I)CC1. The average Bonchev–Trinajstić information content (AvgIpc) is 3.28. The van der Waals surface area contributed by atoms with Crippen LogP contribution in [-0.4, -0.2) is 58.5 Å². The van der Waals surface area contributed by atoms with Crippen LogP contribution in [0.25, 0.3) is 0 Å². The smallest absolute Gasteiger partial charge is 0.229 e. The second kappa shape index (κ2) is 9.96. The first kappa shape index (κ1) is 21.4. The van der Waals surface area contributed by atoms with Crippen molar-refractivity contribution in [3.8, 4) is 6.07 Å². The fourth-order valence-corrected chi connectivity index (χ4v) is 4.19. The molecular formula is C20H23ClIN7O. The summed E-state index contributed by atoms with van der Waals surface area (Å²) >= 11 is 8.58. The molecule has 0 bridgehead atoms. The van der Waals surface area contributed by atoms with E-state index in [1.54, 1.807) is 6.20 Å². The molecule has 0 aliphatic carbocycles. The first-order chi connectivity index (χ1) is 14.6. The summed E-state index contributed by atoms with van der Waals surface area (Å²) in [5.74, 6) is 0.989. The molecule has 0 unspecified atom stereocenters. The number of benzene rings is 1. The number of hydrogen-bond acceptors (Lipinski definition) is 8. The van der Waals surface area contributed by atoms with Crippen LogP contribution in [0.2, 0.25) is 5.02 Å². The predicted octanol–water partition coefficient (Wildman–Crippen LogP) is 3.81. The minimum Gasteiger partial charge on any atom is -0.376 e. The van der Waals surface area contributed by atoms with Crippen LogP contribution in [0.3, 0.4) is 0 Å². The van der Waals surface area contributed by atoms with Crippen LogP contribution in [0, 0.1) is 11.3 Å². The van der Waals surface area contributed by atoms with Gasteiger partial charge < -0.3 is 20.3 Å². The number of rotatable bonds is 6. The fourth-order valence-electron chi connectivity index (χ4n) is 3.60. The Morgan fingerprint density at radius 1 is 1.30 bits per heavy atom. The van der Waals surface area contributed by atoms with Crippen molar-refractivity contribution in [1.29, 1.82) is 5.26 Å². The van der Waals surface area contributed by atoms with E-state index in [9.17, 15) is 5.26 Å². The second-order valence-corrected chi connectivity index (χ2v) is 9.04. The molecule has 2 aromatic rings.